The number of hydrogen-bond donors (Lipinski definition) is 1. The molecule has 0 bridgehead atoms. The summed E-state index contributed by atoms with van der Waals surface area (Å²) in [4.78, 5) is 24.2. The summed E-state index contributed by atoms with van der Waals surface area (Å²) in [5.74, 6) is 0.641. The monoisotopic (exact) mass is 343 g/mol. The van der Waals surface area contributed by atoms with E-state index < -0.39 is 0 Å². The van der Waals surface area contributed by atoms with E-state index in [2.05, 4.69) is 25.3 Å². The molecule has 4 rings (SSSR count). The molecule has 1 fully saturated rings. The Balaban J connectivity index is 1.56. The van der Waals surface area contributed by atoms with E-state index >= 15 is 0 Å². The minimum Gasteiger partial charge on any atom is -0.333 e. The molecule has 3 aromatic heterocycles. The molecule has 1 N–H and O–H groups in total. The Morgan fingerprint density at radius 3 is 3.17 bits per heavy atom. The molecule has 1 amide bonds. The normalized spacial score (nSPS) is 17.5. The number of rotatable bonds is 4. The average Bonchev–Trinajstić information content (AvgIpc) is 3.35. The van der Waals surface area contributed by atoms with Crippen molar-refractivity contribution in [2.24, 2.45) is 0 Å². The Hall–Kier alpha value is -2.55. The number of carbonyl (C=O) groups is 1. The standard InChI is InChI=1S/C15H17N7OS/c1-10-12(24-14(19-10)13-16-9-17-20-13)15(23)22-7-2-4-11(22)8-21-6-3-5-18-21/h3,5-6,9,11H,2,4,7-8H2,1H3,(H,16,17,20)/t11-/m0/s1. The highest BCUT2D eigenvalue weighted by atomic mass is 32.1. The van der Waals surface area contributed by atoms with Gasteiger partial charge in [0.2, 0.25) is 0 Å². The number of H-pyrrole nitrogens is 1. The van der Waals surface area contributed by atoms with E-state index in [0.717, 1.165) is 31.6 Å². The van der Waals surface area contributed by atoms with E-state index in [1.165, 1.54) is 17.7 Å². The minimum atomic E-state index is 0.0467. The van der Waals surface area contributed by atoms with Gasteiger partial charge in [0.25, 0.3) is 5.91 Å². The molecule has 9 heteroatoms. The minimum absolute atomic E-state index is 0.0467. The molecular formula is C15H17N7OS. The van der Waals surface area contributed by atoms with Crippen LogP contribution in [0.15, 0.2) is 24.8 Å². The molecule has 1 aliphatic rings. The first-order chi connectivity index (χ1) is 11.7. The fraction of sp³-hybridized carbons (Fsp3) is 0.400. The van der Waals surface area contributed by atoms with Gasteiger partial charge in [-0.25, -0.2) is 9.97 Å². The van der Waals surface area contributed by atoms with E-state index in [1.807, 2.05) is 28.8 Å². The molecule has 0 radical (unpaired) electrons. The van der Waals surface area contributed by atoms with Gasteiger partial charge in [0.15, 0.2) is 10.8 Å². The molecule has 24 heavy (non-hydrogen) atoms. The Bertz CT molecular complexity index is 824. The summed E-state index contributed by atoms with van der Waals surface area (Å²) in [6.07, 6.45) is 7.15. The number of likely N-dealkylation sites (tertiary alicyclic amines) is 1. The van der Waals surface area contributed by atoms with Crippen molar-refractivity contribution in [2.75, 3.05) is 6.54 Å². The quantitative estimate of drug-likeness (QED) is 0.779. The SMILES string of the molecule is Cc1nc(-c2ncn[nH]2)sc1C(=O)N1CCC[C@H]1Cn1cccn1. The lowest BCUT2D eigenvalue weighted by atomic mass is 10.2. The topological polar surface area (TPSA) is 92.6 Å². The van der Waals surface area contributed by atoms with Gasteiger partial charge in [-0.1, -0.05) is 0 Å². The van der Waals surface area contributed by atoms with Crippen molar-refractivity contribution >= 4 is 17.2 Å². The van der Waals surface area contributed by atoms with Gasteiger partial charge < -0.3 is 4.90 Å². The Labute approximate surface area is 142 Å². The summed E-state index contributed by atoms with van der Waals surface area (Å²) in [7, 11) is 0. The second-order valence-electron chi connectivity index (χ2n) is 5.79. The number of aromatic amines is 1. The third-order valence-electron chi connectivity index (χ3n) is 4.20. The summed E-state index contributed by atoms with van der Waals surface area (Å²) in [5, 5.41) is 11.6. The summed E-state index contributed by atoms with van der Waals surface area (Å²) in [5.41, 5.74) is 0.737. The van der Waals surface area contributed by atoms with E-state index in [0.29, 0.717) is 15.7 Å². The van der Waals surface area contributed by atoms with Crippen molar-refractivity contribution in [2.45, 2.75) is 32.4 Å². The molecule has 0 aromatic carbocycles. The molecular weight excluding hydrogens is 326 g/mol. The number of carbonyl (C=O) groups excluding carboxylic acids is 1. The molecule has 1 atom stereocenters. The highest BCUT2D eigenvalue weighted by Gasteiger charge is 2.32. The van der Waals surface area contributed by atoms with Crippen LogP contribution in [-0.4, -0.2) is 53.3 Å². The van der Waals surface area contributed by atoms with Crippen LogP contribution in [0.1, 0.15) is 28.2 Å². The average molecular weight is 343 g/mol. The molecule has 0 unspecified atom stereocenters. The van der Waals surface area contributed by atoms with Crippen LogP contribution in [0, 0.1) is 6.92 Å². The lowest BCUT2D eigenvalue weighted by molar-refractivity contribution is 0.0725. The summed E-state index contributed by atoms with van der Waals surface area (Å²) >= 11 is 1.36. The van der Waals surface area contributed by atoms with Gasteiger partial charge in [0.05, 0.1) is 18.3 Å². The summed E-state index contributed by atoms with van der Waals surface area (Å²) in [6.45, 7) is 3.37. The molecule has 0 aliphatic carbocycles. The summed E-state index contributed by atoms with van der Waals surface area (Å²) in [6, 6.07) is 2.07. The van der Waals surface area contributed by atoms with Crippen LogP contribution in [0.25, 0.3) is 10.8 Å². The molecule has 4 heterocycles. The van der Waals surface area contributed by atoms with Crippen molar-refractivity contribution < 1.29 is 4.79 Å². The van der Waals surface area contributed by atoms with Crippen molar-refractivity contribution in [3.05, 3.63) is 35.4 Å². The molecule has 8 nitrogen and oxygen atoms in total. The summed E-state index contributed by atoms with van der Waals surface area (Å²) < 4.78 is 1.88. The zero-order valence-electron chi connectivity index (χ0n) is 13.2. The maximum absolute atomic E-state index is 13.0. The van der Waals surface area contributed by atoms with Crippen molar-refractivity contribution in [3.8, 4) is 10.8 Å². The highest BCUT2D eigenvalue weighted by molar-refractivity contribution is 7.17. The lowest BCUT2D eigenvalue weighted by Gasteiger charge is -2.24. The van der Waals surface area contributed by atoms with E-state index in [-0.39, 0.29) is 11.9 Å². The Morgan fingerprint density at radius 1 is 1.50 bits per heavy atom. The fourth-order valence-electron chi connectivity index (χ4n) is 3.05. The van der Waals surface area contributed by atoms with E-state index in [4.69, 9.17) is 0 Å². The number of nitrogens with one attached hydrogen (secondary N) is 1. The maximum Gasteiger partial charge on any atom is 0.266 e. The first-order valence-corrected chi connectivity index (χ1v) is 8.65. The van der Waals surface area contributed by atoms with E-state index in [9.17, 15) is 4.79 Å². The van der Waals surface area contributed by atoms with Crippen molar-refractivity contribution in [3.63, 3.8) is 0 Å². The zero-order valence-corrected chi connectivity index (χ0v) is 14.0. The Morgan fingerprint density at radius 2 is 2.42 bits per heavy atom. The van der Waals surface area contributed by atoms with Crippen molar-refractivity contribution in [1.82, 2.24) is 34.8 Å². The maximum atomic E-state index is 13.0. The molecule has 1 saturated heterocycles. The van der Waals surface area contributed by atoms with Gasteiger partial charge in [-0.2, -0.15) is 10.2 Å². The van der Waals surface area contributed by atoms with Crippen LogP contribution in [0.2, 0.25) is 0 Å². The van der Waals surface area contributed by atoms with Crippen LogP contribution in [0.4, 0.5) is 0 Å². The predicted molar refractivity (Wildman–Crippen MR) is 88.5 cm³/mol. The largest absolute Gasteiger partial charge is 0.333 e. The van der Waals surface area contributed by atoms with Gasteiger partial charge in [0.1, 0.15) is 11.2 Å². The van der Waals surface area contributed by atoms with Gasteiger partial charge >= 0.3 is 0 Å². The number of nitrogens with zero attached hydrogens (tertiary/aromatic N) is 6. The number of aryl methyl sites for hydroxylation is 1. The fourth-order valence-corrected chi connectivity index (χ4v) is 4.02. The first kappa shape index (κ1) is 15.0. The third kappa shape index (κ3) is 2.71. The first-order valence-electron chi connectivity index (χ1n) is 7.84. The zero-order chi connectivity index (χ0) is 16.5. The van der Waals surface area contributed by atoms with Gasteiger partial charge in [0, 0.05) is 18.9 Å². The number of thiazole rings is 1. The molecule has 0 saturated carbocycles. The second-order valence-corrected chi connectivity index (χ2v) is 6.79. The second kappa shape index (κ2) is 6.16. The highest BCUT2D eigenvalue weighted by Crippen LogP contribution is 2.29. The van der Waals surface area contributed by atoms with Gasteiger partial charge in [-0.3, -0.25) is 14.6 Å². The van der Waals surface area contributed by atoms with Crippen LogP contribution in [-0.2, 0) is 6.54 Å². The van der Waals surface area contributed by atoms with Crippen molar-refractivity contribution in [1.29, 1.82) is 0 Å². The predicted octanol–water partition coefficient (Wildman–Crippen LogP) is 1.74. The van der Waals surface area contributed by atoms with Crippen LogP contribution >= 0.6 is 11.3 Å². The molecule has 124 valence electrons. The number of aromatic nitrogens is 6. The molecule has 0 spiro atoms. The molecule has 1 aliphatic heterocycles. The number of amides is 1. The van der Waals surface area contributed by atoms with Gasteiger partial charge in [-0.05, 0) is 25.8 Å². The van der Waals surface area contributed by atoms with Gasteiger partial charge in [-0.15, -0.1) is 11.3 Å². The smallest absolute Gasteiger partial charge is 0.266 e. The molecule has 3 aromatic rings. The lowest BCUT2D eigenvalue weighted by Crippen LogP contribution is -2.38. The van der Waals surface area contributed by atoms with E-state index in [1.54, 1.807) is 6.20 Å². The van der Waals surface area contributed by atoms with Crippen LogP contribution in [0.5, 0.6) is 0 Å². The Kier molecular flexibility index (Phi) is 3.85. The number of hydrogen-bond acceptors (Lipinski definition) is 6. The third-order valence-corrected chi connectivity index (χ3v) is 5.36. The van der Waals surface area contributed by atoms with Crippen LogP contribution < -0.4 is 0 Å². The van der Waals surface area contributed by atoms with Crippen LogP contribution in [0.3, 0.4) is 0 Å².